The van der Waals surface area contributed by atoms with Gasteiger partial charge in [0, 0.05) is 17.5 Å². The van der Waals surface area contributed by atoms with E-state index in [9.17, 15) is 9.59 Å². The molecule has 0 unspecified atom stereocenters. The Morgan fingerprint density at radius 3 is 2.06 bits per heavy atom. The van der Waals surface area contributed by atoms with Gasteiger partial charge in [0.15, 0.2) is 19.0 Å². The molecule has 0 saturated heterocycles. The average Bonchev–Trinajstić information content (AvgIpc) is 2.83. The summed E-state index contributed by atoms with van der Waals surface area (Å²) in [7, 11) is 0. The van der Waals surface area contributed by atoms with Gasteiger partial charge in [0.1, 0.15) is 11.5 Å². The lowest BCUT2D eigenvalue weighted by Gasteiger charge is -2.19. The van der Waals surface area contributed by atoms with Crippen LogP contribution in [-0.4, -0.2) is 24.9 Å². The number of ketones is 1. The maximum atomic E-state index is 12.3. The molecule has 0 radical (unpaired) electrons. The second-order valence-electron chi connectivity index (χ2n) is 9.76. The number of hydrogen-bond donors (Lipinski definition) is 2. The molecule has 1 amide bonds. The number of amides is 1. The van der Waals surface area contributed by atoms with Crippen molar-refractivity contribution in [2.75, 3.05) is 18.5 Å². The van der Waals surface area contributed by atoms with E-state index in [4.69, 9.17) is 15.2 Å². The van der Waals surface area contributed by atoms with Crippen LogP contribution in [0.5, 0.6) is 11.5 Å². The number of hydrogen-bond acceptors (Lipinski definition) is 5. The Labute approximate surface area is 213 Å². The summed E-state index contributed by atoms with van der Waals surface area (Å²) in [6.45, 7) is 10.1. The van der Waals surface area contributed by atoms with E-state index in [2.05, 4.69) is 26.1 Å². The van der Waals surface area contributed by atoms with E-state index in [1.165, 1.54) is 11.6 Å². The highest BCUT2D eigenvalue weighted by atomic mass is 16.5. The number of nitrogens with one attached hydrogen (secondary N) is 1. The molecule has 0 heterocycles. The first-order valence-electron chi connectivity index (χ1n) is 11.9. The summed E-state index contributed by atoms with van der Waals surface area (Å²) in [6.07, 6.45) is 1.39. The van der Waals surface area contributed by atoms with Gasteiger partial charge in [-0.25, -0.2) is 0 Å². The van der Waals surface area contributed by atoms with Crippen molar-refractivity contribution in [3.63, 3.8) is 0 Å². The fourth-order valence-electron chi connectivity index (χ4n) is 3.61. The van der Waals surface area contributed by atoms with Crippen LogP contribution in [0.4, 0.5) is 5.69 Å². The number of rotatable bonds is 9. The molecule has 3 aromatic rings. The molecule has 3 N–H and O–H groups in total. The second kappa shape index (κ2) is 11.6. The largest absolute Gasteiger partial charge is 0.485 e. The monoisotopic (exact) mass is 486 g/mol. The zero-order valence-corrected chi connectivity index (χ0v) is 21.6. The fraction of sp³-hybridized carbons (Fsp3) is 0.267. The predicted octanol–water partition coefficient (Wildman–Crippen LogP) is 5.57. The third-order valence-corrected chi connectivity index (χ3v) is 5.68. The van der Waals surface area contributed by atoms with Gasteiger partial charge in [0.25, 0.3) is 5.91 Å². The molecule has 0 fully saturated rings. The van der Waals surface area contributed by atoms with Gasteiger partial charge < -0.3 is 20.5 Å². The van der Waals surface area contributed by atoms with Crippen molar-refractivity contribution in [3.8, 4) is 11.5 Å². The van der Waals surface area contributed by atoms with E-state index < -0.39 is 0 Å². The molecule has 36 heavy (non-hydrogen) atoms. The smallest absolute Gasteiger partial charge is 0.262 e. The van der Waals surface area contributed by atoms with Crippen molar-refractivity contribution in [1.29, 1.82) is 0 Å². The molecule has 0 aliphatic heterocycles. The summed E-state index contributed by atoms with van der Waals surface area (Å²) < 4.78 is 11.3. The predicted molar refractivity (Wildman–Crippen MR) is 144 cm³/mol. The van der Waals surface area contributed by atoms with E-state index in [1.807, 2.05) is 56.3 Å². The third-order valence-electron chi connectivity index (χ3n) is 5.68. The summed E-state index contributed by atoms with van der Waals surface area (Å²) in [5.41, 5.74) is 11.1. The van der Waals surface area contributed by atoms with Crippen LogP contribution in [0, 0.1) is 13.8 Å². The van der Waals surface area contributed by atoms with Gasteiger partial charge in [0.2, 0.25) is 0 Å². The lowest BCUT2D eigenvalue weighted by Crippen LogP contribution is -2.20. The lowest BCUT2D eigenvalue weighted by molar-refractivity contribution is -0.118. The number of carbonyl (C=O) groups excluding carboxylic acids is 2. The Morgan fingerprint density at radius 2 is 1.47 bits per heavy atom. The SMILES string of the molecule is Cc1cccc(C)c1OCC(=O)Nc1ccc(OCC(=O)/C=C(\N)c2ccc(C(C)(C)C)cc2)cc1. The zero-order valence-electron chi connectivity index (χ0n) is 21.6. The molecule has 6 nitrogen and oxygen atoms in total. The van der Waals surface area contributed by atoms with E-state index in [1.54, 1.807) is 24.3 Å². The van der Waals surface area contributed by atoms with Crippen LogP contribution in [-0.2, 0) is 15.0 Å². The Hall–Kier alpha value is -4.06. The molecule has 0 aliphatic carbocycles. The van der Waals surface area contributed by atoms with Gasteiger partial charge in [-0.2, -0.15) is 0 Å². The first-order valence-corrected chi connectivity index (χ1v) is 11.9. The Morgan fingerprint density at radius 1 is 0.861 bits per heavy atom. The number of benzene rings is 3. The molecule has 3 rings (SSSR count). The summed E-state index contributed by atoms with van der Waals surface area (Å²) >= 11 is 0. The first kappa shape index (κ1) is 26.5. The van der Waals surface area contributed by atoms with Crippen LogP contribution in [0.2, 0.25) is 0 Å². The number of para-hydroxylation sites is 1. The third kappa shape index (κ3) is 7.47. The molecule has 0 aliphatic rings. The number of carbonyl (C=O) groups is 2. The van der Waals surface area contributed by atoms with Crippen molar-refractivity contribution in [2.24, 2.45) is 5.73 Å². The van der Waals surface area contributed by atoms with Gasteiger partial charge in [-0.15, -0.1) is 0 Å². The standard InChI is InChI=1S/C30H34N2O4/c1-20-7-6-8-21(2)29(20)36-19-28(34)32-24-13-15-26(16-14-24)35-18-25(33)17-27(31)22-9-11-23(12-10-22)30(3,4)5/h6-17H,18-19,31H2,1-5H3,(H,32,34)/b27-17-. The van der Waals surface area contributed by atoms with Crippen LogP contribution >= 0.6 is 0 Å². The van der Waals surface area contributed by atoms with Crippen molar-refractivity contribution in [3.05, 3.63) is 95.1 Å². The summed E-state index contributed by atoms with van der Waals surface area (Å²) in [5.74, 6) is 0.721. The summed E-state index contributed by atoms with van der Waals surface area (Å²) in [6, 6.07) is 20.5. The van der Waals surface area contributed by atoms with Crippen molar-refractivity contribution < 1.29 is 19.1 Å². The number of anilines is 1. The number of ether oxygens (including phenoxy) is 2. The van der Waals surface area contributed by atoms with Gasteiger partial charge in [-0.05, 0) is 65.8 Å². The molecule has 0 spiro atoms. The van der Waals surface area contributed by atoms with Crippen LogP contribution in [0.15, 0.2) is 72.8 Å². The molecular weight excluding hydrogens is 452 g/mol. The quantitative estimate of drug-likeness (QED) is 0.386. The molecule has 6 heteroatoms. The first-order chi connectivity index (χ1) is 17.0. The topological polar surface area (TPSA) is 90.6 Å². The van der Waals surface area contributed by atoms with Gasteiger partial charge in [-0.3, -0.25) is 9.59 Å². The number of aryl methyl sites for hydroxylation is 2. The zero-order chi connectivity index (χ0) is 26.3. The van der Waals surface area contributed by atoms with Crippen molar-refractivity contribution >= 4 is 23.1 Å². The van der Waals surface area contributed by atoms with Crippen molar-refractivity contribution in [1.82, 2.24) is 0 Å². The molecule has 0 atom stereocenters. The fourth-order valence-corrected chi connectivity index (χ4v) is 3.61. The van der Waals surface area contributed by atoms with Gasteiger partial charge in [-0.1, -0.05) is 63.2 Å². The maximum absolute atomic E-state index is 12.3. The lowest BCUT2D eigenvalue weighted by atomic mass is 9.86. The Bertz CT molecular complexity index is 1220. The highest BCUT2D eigenvalue weighted by Gasteiger charge is 2.13. The van der Waals surface area contributed by atoms with Gasteiger partial charge >= 0.3 is 0 Å². The normalized spacial score (nSPS) is 11.6. The average molecular weight is 487 g/mol. The van der Waals surface area contributed by atoms with E-state index in [0.29, 0.717) is 17.1 Å². The molecule has 0 saturated carbocycles. The minimum atomic E-state index is -0.266. The highest BCUT2D eigenvalue weighted by Crippen LogP contribution is 2.24. The van der Waals surface area contributed by atoms with Crippen LogP contribution in [0.1, 0.15) is 43.0 Å². The second-order valence-corrected chi connectivity index (χ2v) is 9.76. The van der Waals surface area contributed by atoms with Crippen LogP contribution in [0.3, 0.4) is 0 Å². The molecule has 0 bridgehead atoms. The molecule has 3 aromatic carbocycles. The minimum Gasteiger partial charge on any atom is -0.485 e. The molecular formula is C30H34N2O4. The van der Waals surface area contributed by atoms with Gasteiger partial charge in [0.05, 0.1) is 0 Å². The van der Waals surface area contributed by atoms with E-state index >= 15 is 0 Å². The minimum absolute atomic E-state index is 0.0488. The van der Waals surface area contributed by atoms with Crippen LogP contribution < -0.4 is 20.5 Å². The number of nitrogens with two attached hydrogens (primary N) is 1. The summed E-state index contributed by atoms with van der Waals surface area (Å²) in [4.78, 5) is 24.6. The van der Waals surface area contributed by atoms with E-state index in [-0.39, 0.29) is 30.3 Å². The van der Waals surface area contributed by atoms with Crippen LogP contribution in [0.25, 0.3) is 5.70 Å². The Kier molecular flexibility index (Phi) is 8.54. The van der Waals surface area contributed by atoms with E-state index in [0.717, 1.165) is 22.4 Å². The molecule has 0 aromatic heterocycles. The highest BCUT2D eigenvalue weighted by molar-refractivity contribution is 5.97. The maximum Gasteiger partial charge on any atom is 0.262 e. The Balaban J connectivity index is 1.48. The molecule has 188 valence electrons. The van der Waals surface area contributed by atoms with Crippen molar-refractivity contribution in [2.45, 2.75) is 40.0 Å². The summed E-state index contributed by atoms with van der Waals surface area (Å²) in [5, 5.41) is 2.79.